The third kappa shape index (κ3) is 2.71. The lowest BCUT2D eigenvalue weighted by Crippen LogP contribution is -2.00. The summed E-state index contributed by atoms with van der Waals surface area (Å²) in [5.41, 5.74) is 9.12. The van der Waals surface area contributed by atoms with Crippen molar-refractivity contribution in [1.82, 2.24) is 13.7 Å². The van der Waals surface area contributed by atoms with Crippen LogP contribution in [-0.4, -0.2) is 13.7 Å². The zero-order valence-corrected chi connectivity index (χ0v) is 21.1. The van der Waals surface area contributed by atoms with Crippen molar-refractivity contribution in [2.75, 3.05) is 0 Å². The van der Waals surface area contributed by atoms with E-state index in [4.69, 9.17) is 0 Å². The highest BCUT2D eigenvalue weighted by Gasteiger charge is 2.18. The normalized spacial score (nSPS) is 12.3. The molecule has 37 heavy (non-hydrogen) atoms. The van der Waals surface area contributed by atoms with Gasteiger partial charge in [0.1, 0.15) is 0 Å². The maximum absolute atomic E-state index is 2.53. The monoisotopic (exact) mass is 477 g/mol. The summed E-state index contributed by atoms with van der Waals surface area (Å²) in [6, 6.07) is 38.1. The van der Waals surface area contributed by atoms with Crippen molar-refractivity contribution in [2.45, 2.75) is 20.0 Å². The first kappa shape index (κ1) is 20.7. The average Bonchev–Trinajstić information content (AvgIpc) is 3.54. The van der Waals surface area contributed by atoms with E-state index in [0.717, 1.165) is 13.1 Å². The van der Waals surface area contributed by atoms with E-state index in [1.807, 2.05) is 0 Å². The van der Waals surface area contributed by atoms with Gasteiger partial charge in [0.2, 0.25) is 0 Å². The molecule has 0 radical (unpaired) electrons. The molecule has 0 atom stereocenters. The molecule has 178 valence electrons. The quantitative estimate of drug-likeness (QED) is 0.242. The van der Waals surface area contributed by atoms with Crippen LogP contribution < -0.4 is 0 Å². The van der Waals surface area contributed by atoms with Crippen LogP contribution in [0.3, 0.4) is 0 Å². The summed E-state index contributed by atoms with van der Waals surface area (Å²) in [5.74, 6) is 0. The highest BCUT2D eigenvalue weighted by molar-refractivity contribution is 6.18. The van der Waals surface area contributed by atoms with Crippen molar-refractivity contribution in [3.63, 3.8) is 0 Å². The molecule has 0 saturated carbocycles. The van der Waals surface area contributed by atoms with E-state index >= 15 is 0 Å². The molecular weight excluding hydrogens is 450 g/mol. The second-order valence-electron chi connectivity index (χ2n) is 10.1. The minimum Gasteiger partial charge on any atom is -0.344 e. The van der Waals surface area contributed by atoms with Crippen LogP contribution in [0, 0.1) is 0 Å². The standard InChI is InChI=1S/C34H27N3/c1-3-36-29-16-8-4-12-23(29)26-19-27-24-13-5-9-17-30(24)37(33(27)20-32(26)36)21-22-11-10-18-31-34(22)25-14-6-7-15-28(25)35(31)2/h4-20H,3,21H2,1-2H3. The summed E-state index contributed by atoms with van der Waals surface area (Å²) in [6.45, 7) is 4.02. The molecule has 0 N–H and O–H groups in total. The second kappa shape index (κ2) is 7.50. The highest BCUT2D eigenvalue weighted by Crippen LogP contribution is 2.38. The van der Waals surface area contributed by atoms with Crippen LogP contribution in [0.1, 0.15) is 12.5 Å². The van der Waals surface area contributed by atoms with Gasteiger partial charge in [-0.3, -0.25) is 0 Å². The van der Waals surface area contributed by atoms with Crippen LogP contribution in [0.15, 0.2) is 103 Å². The fourth-order valence-electron chi connectivity index (χ4n) is 6.69. The molecule has 3 heteroatoms. The zero-order chi connectivity index (χ0) is 24.7. The number of nitrogens with zero attached hydrogens (tertiary/aromatic N) is 3. The molecule has 0 aliphatic heterocycles. The molecule has 5 aromatic carbocycles. The molecule has 0 spiro atoms. The predicted octanol–water partition coefficient (Wildman–Crippen LogP) is 8.62. The Morgan fingerprint density at radius 3 is 1.76 bits per heavy atom. The van der Waals surface area contributed by atoms with Gasteiger partial charge in [-0.1, -0.05) is 66.7 Å². The molecule has 0 amide bonds. The number of hydrogen-bond donors (Lipinski definition) is 0. The van der Waals surface area contributed by atoms with Gasteiger partial charge in [0.15, 0.2) is 0 Å². The van der Waals surface area contributed by atoms with Gasteiger partial charge in [-0.05, 0) is 48.9 Å². The van der Waals surface area contributed by atoms with E-state index in [0.29, 0.717) is 0 Å². The van der Waals surface area contributed by atoms with Crippen LogP contribution in [0.25, 0.3) is 65.4 Å². The molecule has 8 aromatic rings. The predicted molar refractivity (Wildman–Crippen MR) is 158 cm³/mol. The number of aryl methyl sites for hydroxylation is 2. The van der Waals surface area contributed by atoms with Crippen LogP contribution in [-0.2, 0) is 20.1 Å². The van der Waals surface area contributed by atoms with Gasteiger partial charge >= 0.3 is 0 Å². The Morgan fingerprint density at radius 2 is 1.05 bits per heavy atom. The zero-order valence-electron chi connectivity index (χ0n) is 21.1. The van der Waals surface area contributed by atoms with Crippen LogP contribution in [0.2, 0.25) is 0 Å². The first-order chi connectivity index (χ1) is 18.2. The smallest absolute Gasteiger partial charge is 0.0515 e. The molecule has 3 heterocycles. The lowest BCUT2D eigenvalue weighted by molar-refractivity contribution is 0.826. The Hall–Kier alpha value is -4.50. The van der Waals surface area contributed by atoms with Crippen LogP contribution in [0.4, 0.5) is 0 Å². The largest absolute Gasteiger partial charge is 0.344 e. The fraction of sp³-hybridized carbons (Fsp3) is 0.118. The first-order valence-corrected chi connectivity index (χ1v) is 13.1. The lowest BCUT2D eigenvalue weighted by Gasteiger charge is -2.11. The number of rotatable bonds is 3. The number of para-hydroxylation sites is 3. The van der Waals surface area contributed by atoms with E-state index in [1.165, 1.54) is 71.0 Å². The number of aromatic nitrogens is 3. The average molecular weight is 478 g/mol. The molecular formula is C34H27N3. The lowest BCUT2D eigenvalue weighted by atomic mass is 10.1. The minimum atomic E-state index is 0.827. The van der Waals surface area contributed by atoms with Crippen molar-refractivity contribution < 1.29 is 0 Å². The fourth-order valence-corrected chi connectivity index (χ4v) is 6.69. The van der Waals surface area contributed by atoms with E-state index in [1.54, 1.807) is 0 Å². The third-order valence-electron chi connectivity index (χ3n) is 8.34. The SMILES string of the molecule is CCn1c2ccccc2c2cc3c4ccccc4n(Cc4cccc5c4c4ccccc4n5C)c3cc21. The Bertz CT molecular complexity index is 2170. The van der Waals surface area contributed by atoms with E-state index in [-0.39, 0.29) is 0 Å². The number of fused-ring (bicyclic) bond motifs is 9. The van der Waals surface area contributed by atoms with Crippen LogP contribution >= 0.6 is 0 Å². The van der Waals surface area contributed by atoms with E-state index in [2.05, 4.69) is 131 Å². The summed E-state index contributed by atoms with van der Waals surface area (Å²) in [4.78, 5) is 0. The first-order valence-electron chi connectivity index (χ1n) is 13.1. The molecule has 0 fully saturated rings. The van der Waals surface area contributed by atoms with Gasteiger partial charge in [-0.25, -0.2) is 0 Å². The molecule has 0 aliphatic rings. The number of benzene rings is 5. The molecule has 0 unspecified atom stereocenters. The molecule has 0 bridgehead atoms. The summed E-state index contributed by atoms with van der Waals surface area (Å²) in [6.07, 6.45) is 0. The summed E-state index contributed by atoms with van der Waals surface area (Å²) in [5, 5.41) is 7.99. The summed E-state index contributed by atoms with van der Waals surface area (Å²) >= 11 is 0. The Balaban J connectivity index is 1.47. The van der Waals surface area contributed by atoms with Gasteiger partial charge in [-0.2, -0.15) is 0 Å². The van der Waals surface area contributed by atoms with E-state index in [9.17, 15) is 0 Å². The molecule has 8 rings (SSSR count). The summed E-state index contributed by atoms with van der Waals surface area (Å²) in [7, 11) is 2.18. The Labute approximate surface area is 214 Å². The van der Waals surface area contributed by atoms with Crippen molar-refractivity contribution in [3.8, 4) is 0 Å². The van der Waals surface area contributed by atoms with Crippen molar-refractivity contribution in [1.29, 1.82) is 0 Å². The maximum atomic E-state index is 2.53. The van der Waals surface area contributed by atoms with Gasteiger partial charge < -0.3 is 13.7 Å². The number of hydrogen-bond acceptors (Lipinski definition) is 0. The second-order valence-corrected chi connectivity index (χ2v) is 10.1. The van der Waals surface area contributed by atoms with E-state index < -0.39 is 0 Å². The highest BCUT2D eigenvalue weighted by atomic mass is 15.0. The molecule has 0 aliphatic carbocycles. The van der Waals surface area contributed by atoms with Gasteiger partial charge in [0.25, 0.3) is 0 Å². The van der Waals surface area contributed by atoms with Crippen molar-refractivity contribution in [3.05, 3.63) is 109 Å². The van der Waals surface area contributed by atoms with Gasteiger partial charge in [0, 0.05) is 74.5 Å². The molecule has 3 aromatic heterocycles. The van der Waals surface area contributed by atoms with Gasteiger partial charge in [-0.15, -0.1) is 0 Å². The minimum absolute atomic E-state index is 0.827. The topological polar surface area (TPSA) is 14.8 Å². The van der Waals surface area contributed by atoms with Gasteiger partial charge in [0.05, 0.1) is 11.0 Å². The van der Waals surface area contributed by atoms with Crippen molar-refractivity contribution in [2.24, 2.45) is 7.05 Å². The summed E-state index contributed by atoms with van der Waals surface area (Å²) < 4.78 is 7.30. The van der Waals surface area contributed by atoms with Crippen LogP contribution in [0.5, 0.6) is 0 Å². The Kier molecular flexibility index (Phi) is 4.19. The maximum Gasteiger partial charge on any atom is 0.0515 e. The Morgan fingerprint density at radius 1 is 0.486 bits per heavy atom. The van der Waals surface area contributed by atoms with Crippen molar-refractivity contribution >= 4 is 65.4 Å². The molecule has 3 nitrogen and oxygen atoms in total. The third-order valence-corrected chi connectivity index (χ3v) is 8.34. The molecule has 0 saturated heterocycles.